The van der Waals surface area contributed by atoms with Crippen molar-refractivity contribution in [1.82, 2.24) is 9.19 Å². The van der Waals surface area contributed by atoms with E-state index in [9.17, 15) is 13.2 Å². The van der Waals surface area contributed by atoms with Gasteiger partial charge < -0.3 is 4.79 Å². The predicted octanol–water partition coefficient (Wildman–Crippen LogP) is 1.91. The summed E-state index contributed by atoms with van der Waals surface area (Å²) in [6.07, 6.45) is 3.55. The van der Waals surface area contributed by atoms with Gasteiger partial charge in [-0.05, 0) is 32.9 Å². The highest BCUT2D eigenvalue weighted by molar-refractivity contribution is 7.89. The van der Waals surface area contributed by atoms with Crippen molar-refractivity contribution < 1.29 is 13.2 Å². The third-order valence-corrected chi connectivity index (χ3v) is 4.72. The van der Waals surface area contributed by atoms with Crippen LogP contribution in [0.25, 0.3) is 0 Å². The van der Waals surface area contributed by atoms with E-state index in [0.717, 1.165) is 15.9 Å². The summed E-state index contributed by atoms with van der Waals surface area (Å²) in [5, 5.41) is 3.87. The second-order valence-electron chi connectivity index (χ2n) is 5.26. The SMILES string of the molecule is Cc1ccc(S(=O)(=O)n2cc(C(C)(C)C=O)cn2)cc1. The van der Waals surface area contributed by atoms with E-state index < -0.39 is 15.4 Å². The van der Waals surface area contributed by atoms with Crippen molar-refractivity contribution in [3.05, 3.63) is 47.8 Å². The molecule has 0 amide bonds. The molecule has 0 aliphatic rings. The standard InChI is InChI=1S/C14H16N2O3S/c1-11-4-6-13(7-5-11)20(18,19)16-9-12(8-15-16)14(2,3)10-17/h4-10H,1-3H3. The Hall–Kier alpha value is -1.95. The Balaban J connectivity index is 2.46. The molecular formula is C14H16N2O3S. The Bertz CT molecular complexity index is 728. The second kappa shape index (κ2) is 4.86. The molecule has 1 aromatic carbocycles. The van der Waals surface area contributed by atoms with E-state index in [0.29, 0.717) is 5.56 Å². The van der Waals surface area contributed by atoms with Crippen molar-refractivity contribution in [3.8, 4) is 0 Å². The third-order valence-electron chi connectivity index (χ3n) is 3.16. The van der Waals surface area contributed by atoms with Crippen LogP contribution >= 0.6 is 0 Å². The van der Waals surface area contributed by atoms with E-state index in [2.05, 4.69) is 5.10 Å². The maximum atomic E-state index is 12.4. The first-order valence-corrected chi connectivity index (χ1v) is 7.55. The largest absolute Gasteiger partial charge is 0.302 e. The summed E-state index contributed by atoms with van der Waals surface area (Å²) in [6, 6.07) is 6.53. The molecule has 1 aromatic heterocycles. The fourth-order valence-electron chi connectivity index (χ4n) is 1.66. The molecule has 0 unspecified atom stereocenters. The molecule has 1 heterocycles. The number of hydrogen-bond donors (Lipinski definition) is 0. The normalized spacial score (nSPS) is 12.3. The van der Waals surface area contributed by atoms with Gasteiger partial charge in [-0.15, -0.1) is 0 Å². The zero-order valence-electron chi connectivity index (χ0n) is 11.6. The number of hydrogen-bond acceptors (Lipinski definition) is 4. The van der Waals surface area contributed by atoms with Crippen LogP contribution in [0.5, 0.6) is 0 Å². The quantitative estimate of drug-likeness (QED) is 0.807. The average Bonchev–Trinajstić information content (AvgIpc) is 2.90. The van der Waals surface area contributed by atoms with Crippen molar-refractivity contribution >= 4 is 16.3 Å². The lowest BCUT2D eigenvalue weighted by molar-refractivity contribution is -0.111. The number of nitrogens with zero attached hydrogens (tertiary/aromatic N) is 2. The van der Waals surface area contributed by atoms with Gasteiger partial charge in [0.25, 0.3) is 10.0 Å². The van der Waals surface area contributed by atoms with Crippen LogP contribution in [-0.2, 0) is 20.2 Å². The van der Waals surface area contributed by atoms with Crippen LogP contribution in [-0.4, -0.2) is 23.9 Å². The number of benzene rings is 1. The zero-order chi connectivity index (χ0) is 15.0. The summed E-state index contributed by atoms with van der Waals surface area (Å²) in [7, 11) is -3.71. The monoisotopic (exact) mass is 292 g/mol. The molecular weight excluding hydrogens is 276 g/mol. The molecule has 6 heteroatoms. The molecule has 20 heavy (non-hydrogen) atoms. The summed E-state index contributed by atoms with van der Waals surface area (Å²) >= 11 is 0. The summed E-state index contributed by atoms with van der Waals surface area (Å²) in [5.41, 5.74) is 0.775. The number of aryl methyl sites for hydroxylation is 1. The highest BCUT2D eigenvalue weighted by Crippen LogP contribution is 2.22. The van der Waals surface area contributed by atoms with Gasteiger partial charge in [-0.3, -0.25) is 0 Å². The molecule has 106 valence electrons. The number of aldehydes is 1. The summed E-state index contributed by atoms with van der Waals surface area (Å²) in [4.78, 5) is 11.2. The number of aromatic nitrogens is 2. The molecule has 2 rings (SSSR count). The molecule has 0 N–H and O–H groups in total. The molecule has 0 radical (unpaired) electrons. The first kappa shape index (κ1) is 14.5. The van der Waals surface area contributed by atoms with E-state index >= 15 is 0 Å². The van der Waals surface area contributed by atoms with Crippen molar-refractivity contribution in [2.24, 2.45) is 0 Å². The molecule has 0 aliphatic heterocycles. The molecule has 0 spiro atoms. The van der Waals surface area contributed by atoms with Crippen molar-refractivity contribution in [3.63, 3.8) is 0 Å². The van der Waals surface area contributed by atoms with E-state index in [4.69, 9.17) is 0 Å². The topological polar surface area (TPSA) is 69.0 Å². The van der Waals surface area contributed by atoms with Gasteiger partial charge in [0.2, 0.25) is 0 Å². The maximum Gasteiger partial charge on any atom is 0.282 e. The molecule has 5 nitrogen and oxygen atoms in total. The van der Waals surface area contributed by atoms with Gasteiger partial charge in [0.15, 0.2) is 0 Å². The fraction of sp³-hybridized carbons (Fsp3) is 0.286. The molecule has 2 aromatic rings. The molecule has 0 saturated heterocycles. The molecule has 0 aliphatic carbocycles. The lowest BCUT2D eigenvalue weighted by Crippen LogP contribution is -2.18. The first-order valence-electron chi connectivity index (χ1n) is 6.11. The number of carbonyl (C=O) groups excluding carboxylic acids is 1. The van der Waals surface area contributed by atoms with E-state index in [1.807, 2.05) is 6.92 Å². The Morgan fingerprint density at radius 1 is 1.20 bits per heavy atom. The molecule has 0 saturated carbocycles. The van der Waals surface area contributed by atoms with Crippen LogP contribution in [0, 0.1) is 6.92 Å². The summed E-state index contributed by atoms with van der Waals surface area (Å²) < 4.78 is 25.7. The Morgan fingerprint density at radius 2 is 1.80 bits per heavy atom. The lowest BCUT2D eigenvalue weighted by atomic mass is 9.89. The van der Waals surface area contributed by atoms with Crippen molar-refractivity contribution in [2.45, 2.75) is 31.1 Å². The molecule has 0 fully saturated rings. The van der Waals surface area contributed by atoms with Crippen molar-refractivity contribution in [1.29, 1.82) is 0 Å². The minimum absolute atomic E-state index is 0.168. The van der Waals surface area contributed by atoms with Crippen LogP contribution in [0.4, 0.5) is 0 Å². The van der Waals surface area contributed by atoms with Gasteiger partial charge in [-0.1, -0.05) is 17.7 Å². The van der Waals surface area contributed by atoms with Gasteiger partial charge in [0, 0.05) is 17.2 Å². The van der Waals surface area contributed by atoms with Gasteiger partial charge in [-0.2, -0.15) is 17.6 Å². The Morgan fingerprint density at radius 3 is 2.35 bits per heavy atom. The predicted molar refractivity (Wildman–Crippen MR) is 75.1 cm³/mol. The van der Waals surface area contributed by atoms with Crippen LogP contribution in [0.1, 0.15) is 25.0 Å². The van der Waals surface area contributed by atoms with E-state index in [1.54, 1.807) is 26.0 Å². The number of rotatable bonds is 4. The fourth-order valence-corrected chi connectivity index (χ4v) is 2.77. The van der Waals surface area contributed by atoms with E-state index in [-0.39, 0.29) is 4.90 Å². The summed E-state index contributed by atoms with van der Waals surface area (Å²) in [5.74, 6) is 0. The van der Waals surface area contributed by atoms with E-state index in [1.165, 1.54) is 24.5 Å². The van der Waals surface area contributed by atoms with Gasteiger partial charge in [0.1, 0.15) is 6.29 Å². The first-order chi connectivity index (χ1) is 9.27. The van der Waals surface area contributed by atoms with Gasteiger partial charge >= 0.3 is 0 Å². The lowest BCUT2D eigenvalue weighted by Gasteiger charge is -2.13. The van der Waals surface area contributed by atoms with Crippen LogP contribution < -0.4 is 0 Å². The highest BCUT2D eigenvalue weighted by Gasteiger charge is 2.25. The van der Waals surface area contributed by atoms with Gasteiger partial charge in [0.05, 0.1) is 11.1 Å². The van der Waals surface area contributed by atoms with Crippen molar-refractivity contribution in [2.75, 3.05) is 0 Å². The molecule has 0 bridgehead atoms. The minimum atomic E-state index is -3.71. The second-order valence-corrected chi connectivity index (χ2v) is 7.05. The third kappa shape index (κ3) is 2.51. The van der Waals surface area contributed by atoms with Crippen LogP contribution in [0.2, 0.25) is 0 Å². The number of carbonyl (C=O) groups is 1. The Labute approximate surface area is 118 Å². The summed E-state index contributed by atoms with van der Waals surface area (Å²) in [6.45, 7) is 5.30. The Kier molecular flexibility index (Phi) is 3.52. The van der Waals surface area contributed by atoms with Crippen LogP contribution in [0.15, 0.2) is 41.6 Å². The average molecular weight is 292 g/mol. The van der Waals surface area contributed by atoms with Gasteiger partial charge in [-0.25, -0.2) is 0 Å². The maximum absolute atomic E-state index is 12.4. The smallest absolute Gasteiger partial charge is 0.282 e. The molecule has 0 atom stereocenters. The minimum Gasteiger partial charge on any atom is -0.302 e. The van der Waals surface area contributed by atoms with Crippen LogP contribution in [0.3, 0.4) is 0 Å². The highest BCUT2D eigenvalue weighted by atomic mass is 32.2. The zero-order valence-corrected chi connectivity index (χ0v) is 12.4.